The topological polar surface area (TPSA) is 58.6 Å². The lowest BCUT2D eigenvalue weighted by atomic mass is 9.83. The van der Waals surface area contributed by atoms with Crippen molar-refractivity contribution in [1.29, 1.82) is 0 Å². The van der Waals surface area contributed by atoms with Crippen molar-refractivity contribution in [1.82, 2.24) is 10.2 Å². The lowest BCUT2D eigenvalue weighted by molar-refractivity contribution is -0.159. The molecule has 0 aromatic carbocycles. The maximum absolute atomic E-state index is 11.8. The fourth-order valence-electron chi connectivity index (χ4n) is 3.10. The van der Waals surface area contributed by atoms with Gasteiger partial charge in [-0.25, -0.2) is 0 Å². The van der Waals surface area contributed by atoms with Gasteiger partial charge in [-0.05, 0) is 25.3 Å². The van der Waals surface area contributed by atoms with Crippen LogP contribution >= 0.6 is 0 Å². The largest absolute Gasteiger partial charge is 0.362 e. The summed E-state index contributed by atoms with van der Waals surface area (Å²) < 4.78 is 4.95. The first-order chi connectivity index (χ1) is 9.22. The van der Waals surface area contributed by atoms with E-state index in [1.807, 2.05) is 0 Å². The van der Waals surface area contributed by atoms with Gasteiger partial charge >= 0.3 is 0 Å². The van der Waals surface area contributed by atoms with Crippen molar-refractivity contribution < 1.29 is 14.3 Å². The molecule has 1 aliphatic heterocycles. The Balaban J connectivity index is 1.98. The molecule has 1 heterocycles. The van der Waals surface area contributed by atoms with E-state index in [4.69, 9.17) is 4.74 Å². The highest BCUT2D eigenvalue weighted by Crippen LogP contribution is 2.27. The van der Waals surface area contributed by atoms with Gasteiger partial charge in [-0.2, -0.15) is 0 Å². The second-order valence-electron chi connectivity index (χ2n) is 5.45. The van der Waals surface area contributed by atoms with Gasteiger partial charge in [0.2, 0.25) is 0 Å². The molecule has 1 saturated heterocycles. The van der Waals surface area contributed by atoms with Crippen LogP contribution in [-0.2, 0) is 14.3 Å². The lowest BCUT2D eigenvalue weighted by Gasteiger charge is -2.35. The molecular formula is C14H24N2O3. The number of hydrogen-bond acceptors (Lipinski definition) is 4. The summed E-state index contributed by atoms with van der Waals surface area (Å²) in [6.45, 7) is 3.51. The molecule has 1 unspecified atom stereocenters. The number of carbonyl (C=O) groups excluding carboxylic acids is 2. The second-order valence-corrected chi connectivity index (χ2v) is 5.45. The van der Waals surface area contributed by atoms with Gasteiger partial charge in [-0.15, -0.1) is 0 Å². The van der Waals surface area contributed by atoms with Crippen LogP contribution in [0.15, 0.2) is 0 Å². The predicted octanol–water partition coefficient (Wildman–Crippen LogP) is 0.930. The Labute approximate surface area is 114 Å². The molecule has 1 saturated carbocycles. The van der Waals surface area contributed by atoms with E-state index in [0.717, 1.165) is 6.54 Å². The van der Waals surface area contributed by atoms with E-state index in [1.165, 1.54) is 37.0 Å². The monoisotopic (exact) mass is 268 g/mol. The summed E-state index contributed by atoms with van der Waals surface area (Å²) in [5.41, 5.74) is 0. The fourth-order valence-corrected chi connectivity index (χ4v) is 3.10. The number of amides is 2. The number of morpholine rings is 1. The van der Waals surface area contributed by atoms with Gasteiger partial charge in [0.15, 0.2) is 0 Å². The highest BCUT2D eigenvalue weighted by atomic mass is 16.5. The number of likely N-dealkylation sites (N-methyl/N-ethyl adjacent to an activating group) is 1. The minimum absolute atomic E-state index is 0.0370. The number of hydrogen-bond donors (Lipinski definition) is 1. The molecule has 2 rings (SSSR count). The molecule has 0 radical (unpaired) electrons. The first kappa shape index (κ1) is 14.5. The van der Waals surface area contributed by atoms with Gasteiger partial charge < -0.3 is 10.1 Å². The fraction of sp³-hybridized carbons (Fsp3) is 0.857. The molecule has 5 nitrogen and oxygen atoms in total. The van der Waals surface area contributed by atoms with Crippen LogP contribution in [0, 0.1) is 5.92 Å². The van der Waals surface area contributed by atoms with E-state index in [1.54, 1.807) is 0 Å². The molecule has 0 spiro atoms. The van der Waals surface area contributed by atoms with Crippen LogP contribution in [0.25, 0.3) is 0 Å². The van der Waals surface area contributed by atoms with Crippen LogP contribution in [0.5, 0.6) is 0 Å². The third-order valence-corrected chi connectivity index (χ3v) is 4.12. The summed E-state index contributed by atoms with van der Waals surface area (Å²) in [7, 11) is 0. The van der Waals surface area contributed by atoms with Crippen LogP contribution in [0.4, 0.5) is 0 Å². The number of carbonyl (C=O) groups is 2. The molecule has 0 aromatic rings. The molecule has 108 valence electrons. The Morgan fingerprint density at radius 1 is 1.21 bits per heavy atom. The maximum Gasteiger partial charge on any atom is 0.255 e. The van der Waals surface area contributed by atoms with Crippen LogP contribution in [0.3, 0.4) is 0 Å². The van der Waals surface area contributed by atoms with Gasteiger partial charge in [0.05, 0.1) is 0 Å². The van der Waals surface area contributed by atoms with Gasteiger partial charge in [0.1, 0.15) is 13.2 Å². The molecule has 0 bridgehead atoms. The minimum atomic E-state index is -0.199. The molecule has 2 amide bonds. The van der Waals surface area contributed by atoms with E-state index in [9.17, 15) is 9.59 Å². The van der Waals surface area contributed by atoms with Crippen molar-refractivity contribution in [3.63, 3.8) is 0 Å². The highest BCUT2D eigenvalue weighted by molar-refractivity contribution is 5.98. The van der Waals surface area contributed by atoms with E-state index < -0.39 is 0 Å². The zero-order chi connectivity index (χ0) is 13.7. The minimum Gasteiger partial charge on any atom is -0.362 e. The van der Waals surface area contributed by atoms with E-state index in [-0.39, 0.29) is 31.1 Å². The summed E-state index contributed by atoms with van der Waals surface area (Å²) in [5.74, 6) is 0.182. The first-order valence-electron chi connectivity index (χ1n) is 7.36. The Morgan fingerprint density at radius 2 is 1.84 bits per heavy atom. The third kappa shape index (κ3) is 3.76. The van der Waals surface area contributed by atoms with Gasteiger partial charge in [0.25, 0.3) is 11.8 Å². The van der Waals surface area contributed by atoms with E-state index in [0.29, 0.717) is 12.5 Å². The Kier molecular flexibility index (Phi) is 5.34. The standard InChI is InChI=1S/C14H24N2O3/c1-2-15-12(11-6-4-3-5-7-11)8-16-13(17)9-19-10-14(16)18/h11-12,15H,2-10H2,1H3. The van der Waals surface area contributed by atoms with Crippen molar-refractivity contribution in [2.75, 3.05) is 26.3 Å². The SMILES string of the molecule is CCNC(CN1C(=O)COCC1=O)C1CCCCC1. The first-order valence-corrected chi connectivity index (χ1v) is 7.36. The smallest absolute Gasteiger partial charge is 0.255 e. The normalized spacial score (nSPS) is 23.7. The Bertz CT molecular complexity index is 311. The maximum atomic E-state index is 11.8. The number of nitrogens with zero attached hydrogens (tertiary/aromatic N) is 1. The molecule has 5 heteroatoms. The molecule has 2 fully saturated rings. The van der Waals surface area contributed by atoms with Gasteiger partial charge in [-0.1, -0.05) is 26.2 Å². The van der Waals surface area contributed by atoms with Crippen LogP contribution < -0.4 is 5.32 Å². The third-order valence-electron chi connectivity index (χ3n) is 4.12. The summed E-state index contributed by atoms with van der Waals surface area (Å²) in [6, 6.07) is 0.233. The zero-order valence-electron chi connectivity index (χ0n) is 11.7. The summed E-state index contributed by atoms with van der Waals surface area (Å²) in [6.07, 6.45) is 6.23. The summed E-state index contributed by atoms with van der Waals surface area (Å²) in [5, 5.41) is 3.45. The van der Waals surface area contributed by atoms with E-state index >= 15 is 0 Å². The Morgan fingerprint density at radius 3 is 2.42 bits per heavy atom. The molecule has 0 aromatic heterocycles. The van der Waals surface area contributed by atoms with Crippen molar-refractivity contribution in [2.24, 2.45) is 5.92 Å². The van der Waals surface area contributed by atoms with Crippen molar-refractivity contribution in [3.05, 3.63) is 0 Å². The number of imide groups is 1. The van der Waals surface area contributed by atoms with Crippen LogP contribution in [-0.4, -0.2) is 49.1 Å². The average Bonchev–Trinajstić information content (AvgIpc) is 2.43. The molecule has 1 atom stereocenters. The molecular weight excluding hydrogens is 244 g/mol. The van der Waals surface area contributed by atoms with Crippen molar-refractivity contribution in [2.45, 2.75) is 45.1 Å². The van der Waals surface area contributed by atoms with Gasteiger partial charge in [-0.3, -0.25) is 14.5 Å². The van der Waals surface area contributed by atoms with Crippen molar-refractivity contribution >= 4 is 11.8 Å². The van der Waals surface area contributed by atoms with E-state index in [2.05, 4.69) is 12.2 Å². The second kappa shape index (κ2) is 7.01. The van der Waals surface area contributed by atoms with Crippen molar-refractivity contribution in [3.8, 4) is 0 Å². The van der Waals surface area contributed by atoms with Gasteiger partial charge in [0, 0.05) is 12.6 Å². The average molecular weight is 268 g/mol. The molecule has 19 heavy (non-hydrogen) atoms. The quantitative estimate of drug-likeness (QED) is 0.754. The predicted molar refractivity (Wildman–Crippen MR) is 71.6 cm³/mol. The zero-order valence-corrected chi connectivity index (χ0v) is 11.7. The summed E-state index contributed by atoms with van der Waals surface area (Å²) >= 11 is 0. The van der Waals surface area contributed by atoms with Crippen LogP contribution in [0.2, 0.25) is 0 Å². The Hall–Kier alpha value is -0.940. The summed E-state index contributed by atoms with van der Waals surface area (Å²) in [4.78, 5) is 24.9. The molecule has 1 N–H and O–H groups in total. The number of nitrogens with one attached hydrogen (secondary N) is 1. The molecule has 1 aliphatic carbocycles. The lowest BCUT2D eigenvalue weighted by Crippen LogP contribution is -2.54. The van der Waals surface area contributed by atoms with Crippen LogP contribution in [0.1, 0.15) is 39.0 Å². The number of ether oxygens (including phenoxy) is 1. The number of rotatable bonds is 5. The highest BCUT2D eigenvalue weighted by Gasteiger charge is 2.32. The molecule has 2 aliphatic rings.